The predicted molar refractivity (Wildman–Crippen MR) is 92.9 cm³/mol. The van der Waals surface area contributed by atoms with Crippen LogP contribution in [-0.2, 0) is 12.8 Å². The van der Waals surface area contributed by atoms with Crippen molar-refractivity contribution in [3.8, 4) is 22.3 Å². The molecule has 2 heteroatoms. The molecule has 0 atom stereocenters. The first-order chi connectivity index (χ1) is 10.7. The molecule has 0 unspecified atom stereocenters. The molecule has 0 radical (unpaired) electrons. The second-order valence-electron chi connectivity index (χ2n) is 6.12. The Morgan fingerprint density at radius 1 is 0.500 bits per heavy atom. The van der Waals surface area contributed by atoms with Gasteiger partial charge in [0.05, 0.1) is 0 Å². The van der Waals surface area contributed by atoms with Crippen LogP contribution in [0.4, 0.5) is 0 Å². The highest BCUT2D eigenvalue weighted by atomic mass is 35.5. The fourth-order valence-corrected chi connectivity index (χ4v) is 4.23. The first-order valence-electron chi connectivity index (χ1n) is 7.42. The van der Waals surface area contributed by atoms with Crippen molar-refractivity contribution >= 4 is 23.2 Å². The Morgan fingerprint density at radius 2 is 0.909 bits per heavy atom. The Kier molecular flexibility index (Phi) is 2.54. The second-order valence-corrected chi connectivity index (χ2v) is 7.00. The molecule has 3 aromatic carbocycles. The molecule has 0 heterocycles. The van der Waals surface area contributed by atoms with E-state index in [9.17, 15) is 0 Å². The van der Waals surface area contributed by atoms with Gasteiger partial charge in [0, 0.05) is 10.0 Å². The van der Waals surface area contributed by atoms with Crippen molar-refractivity contribution in [2.75, 3.05) is 0 Å². The molecular formula is C20H12Cl2. The Balaban J connectivity index is 1.70. The number of hydrogen-bond acceptors (Lipinski definition) is 0. The fraction of sp³-hybridized carbons (Fsp3) is 0.100. The topological polar surface area (TPSA) is 0 Å². The molecule has 0 nitrogen and oxygen atoms in total. The zero-order valence-corrected chi connectivity index (χ0v) is 13.3. The highest BCUT2D eigenvalue weighted by Gasteiger charge is 2.25. The van der Waals surface area contributed by atoms with Crippen LogP contribution in [0.3, 0.4) is 0 Å². The third-order valence-corrected chi connectivity index (χ3v) is 5.28. The van der Waals surface area contributed by atoms with E-state index in [4.69, 9.17) is 23.2 Å². The minimum Gasteiger partial charge on any atom is -0.0843 e. The lowest BCUT2D eigenvalue weighted by Gasteiger charge is -2.06. The molecule has 2 aliphatic rings. The van der Waals surface area contributed by atoms with Gasteiger partial charge in [-0.05, 0) is 93.7 Å². The Bertz CT molecular complexity index is 875. The maximum atomic E-state index is 6.14. The molecular weight excluding hydrogens is 311 g/mol. The maximum absolute atomic E-state index is 6.14. The van der Waals surface area contributed by atoms with E-state index in [-0.39, 0.29) is 0 Å². The van der Waals surface area contributed by atoms with Gasteiger partial charge < -0.3 is 0 Å². The zero-order valence-electron chi connectivity index (χ0n) is 11.8. The van der Waals surface area contributed by atoms with Gasteiger partial charge in [-0.3, -0.25) is 0 Å². The summed E-state index contributed by atoms with van der Waals surface area (Å²) >= 11 is 12.3. The van der Waals surface area contributed by atoms with Crippen molar-refractivity contribution in [3.05, 3.63) is 80.8 Å². The second kappa shape index (κ2) is 4.38. The van der Waals surface area contributed by atoms with Crippen LogP contribution >= 0.6 is 23.2 Å². The third kappa shape index (κ3) is 1.71. The van der Waals surface area contributed by atoms with E-state index in [1.54, 1.807) is 0 Å². The summed E-state index contributed by atoms with van der Waals surface area (Å²) in [6.45, 7) is 0. The first-order valence-corrected chi connectivity index (χ1v) is 8.18. The van der Waals surface area contributed by atoms with E-state index in [2.05, 4.69) is 36.4 Å². The van der Waals surface area contributed by atoms with Crippen molar-refractivity contribution < 1.29 is 0 Å². The number of rotatable bonds is 0. The normalized spacial score (nSPS) is 13.5. The van der Waals surface area contributed by atoms with E-state index in [0.717, 1.165) is 22.9 Å². The van der Waals surface area contributed by atoms with Crippen molar-refractivity contribution in [1.29, 1.82) is 0 Å². The molecule has 0 aromatic heterocycles. The summed E-state index contributed by atoms with van der Waals surface area (Å²) < 4.78 is 0. The van der Waals surface area contributed by atoms with Gasteiger partial charge in [0.2, 0.25) is 0 Å². The largest absolute Gasteiger partial charge is 0.0843 e. The third-order valence-electron chi connectivity index (χ3n) is 4.81. The van der Waals surface area contributed by atoms with Crippen molar-refractivity contribution in [3.63, 3.8) is 0 Å². The van der Waals surface area contributed by atoms with E-state index in [0.29, 0.717) is 0 Å². The van der Waals surface area contributed by atoms with Gasteiger partial charge in [0.15, 0.2) is 0 Å². The van der Waals surface area contributed by atoms with Crippen LogP contribution in [0.5, 0.6) is 0 Å². The molecule has 22 heavy (non-hydrogen) atoms. The smallest absolute Gasteiger partial charge is 0.0409 e. The molecule has 0 amide bonds. The Labute approximate surface area is 139 Å². The fourth-order valence-electron chi connectivity index (χ4n) is 3.84. The molecule has 0 bridgehead atoms. The standard InChI is InChI=1S/C20H12Cl2/c21-15-1-3-17-11(7-15)5-13-10-20-14(9-19(13)17)6-12-8-16(22)2-4-18(12)20/h1-4,7-10H,5-6H2. The predicted octanol–water partition coefficient (Wildman–Crippen LogP) is 6.14. The lowest BCUT2D eigenvalue weighted by atomic mass is 9.98. The molecule has 0 spiro atoms. The van der Waals surface area contributed by atoms with Crippen molar-refractivity contribution in [2.24, 2.45) is 0 Å². The summed E-state index contributed by atoms with van der Waals surface area (Å²) in [5.74, 6) is 0. The quantitative estimate of drug-likeness (QED) is 0.321. The van der Waals surface area contributed by atoms with Gasteiger partial charge in [0.1, 0.15) is 0 Å². The minimum absolute atomic E-state index is 0.819. The summed E-state index contributed by atoms with van der Waals surface area (Å²) in [5.41, 5.74) is 10.9. The lowest BCUT2D eigenvalue weighted by Crippen LogP contribution is -1.85. The summed E-state index contributed by atoms with van der Waals surface area (Å²) in [4.78, 5) is 0. The van der Waals surface area contributed by atoms with Crippen LogP contribution in [0.25, 0.3) is 22.3 Å². The van der Waals surface area contributed by atoms with Gasteiger partial charge in [-0.15, -0.1) is 0 Å². The van der Waals surface area contributed by atoms with Crippen LogP contribution < -0.4 is 0 Å². The van der Waals surface area contributed by atoms with Gasteiger partial charge in [0.25, 0.3) is 0 Å². The van der Waals surface area contributed by atoms with E-state index in [1.807, 2.05) is 12.1 Å². The summed E-state index contributed by atoms with van der Waals surface area (Å²) in [6, 6.07) is 17.2. The zero-order chi connectivity index (χ0) is 14.8. The molecule has 0 N–H and O–H groups in total. The maximum Gasteiger partial charge on any atom is 0.0409 e. The number of halogens is 2. The summed E-state index contributed by atoms with van der Waals surface area (Å²) in [7, 11) is 0. The number of fused-ring (bicyclic) bond motifs is 6. The lowest BCUT2D eigenvalue weighted by molar-refractivity contribution is 1.24. The molecule has 106 valence electrons. The van der Waals surface area contributed by atoms with E-state index in [1.165, 1.54) is 44.5 Å². The van der Waals surface area contributed by atoms with Crippen LogP contribution in [0, 0.1) is 0 Å². The monoisotopic (exact) mass is 322 g/mol. The van der Waals surface area contributed by atoms with Crippen LogP contribution in [-0.4, -0.2) is 0 Å². The van der Waals surface area contributed by atoms with Gasteiger partial charge >= 0.3 is 0 Å². The molecule has 0 aliphatic heterocycles. The summed E-state index contributed by atoms with van der Waals surface area (Å²) in [5, 5.41) is 1.64. The SMILES string of the molecule is Clc1ccc2c(c1)Cc1cc3c(cc1-2)Cc1cc(Cl)ccc1-3. The van der Waals surface area contributed by atoms with Crippen molar-refractivity contribution in [1.82, 2.24) is 0 Å². The number of benzene rings is 3. The molecule has 5 rings (SSSR count). The molecule has 0 saturated heterocycles. The average molecular weight is 323 g/mol. The van der Waals surface area contributed by atoms with E-state index < -0.39 is 0 Å². The van der Waals surface area contributed by atoms with E-state index >= 15 is 0 Å². The van der Waals surface area contributed by atoms with Gasteiger partial charge in [-0.1, -0.05) is 35.3 Å². The Hall–Kier alpha value is -1.76. The minimum atomic E-state index is 0.819. The summed E-state index contributed by atoms with van der Waals surface area (Å²) in [6.07, 6.45) is 1.95. The highest BCUT2D eigenvalue weighted by Crippen LogP contribution is 2.45. The van der Waals surface area contributed by atoms with Crippen LogP contribution in [0.15, 0.2) is 48.5 Å². The van der Waals surface area contributed by atoms with Gasteiger partial charge in [-0.2, -0.15) is 0 Å². The van der Waals surface area contributed by atoms with Crippen molar-refractivity contribution in [2.45, 2.75) is 12.8 Å². The number of hydrogen-bond donors (Lipinski definition) is 0. The van der Waals surface area contributed by atoms with Gasteiger partial charge in [-0.25, -0.2) is 0 Å². The first kappa shape index (κ1) is 12.8. The molecule has 0 saturated carbocycles. The highest BCUT2D eigenvalue weighted by molar-refractivity contribution is 6.31. The van der Waals surface area contributed by atoms with Crippen LogP contribution in [0.2, 0.25) is 10.0 Å². The molecule has 3 aromatic rings. The van der Waals surface area contributed by atoms with Crippen LogP contribution in [0.1, 0.15) is 22.3 Å². The molecule has 2 aliphatic carbocycles. The average Bonchev–Trinajstić information content (AvgIpc) is 3.00. The molecule has 0 fully saturated rings. The Morgan fingerprint density at radius 3 is 1.36 bits per heavy atom.